The Bertz CT molecular complexity index is 2000. The van der Waals surface area contributed by atoms with Gasteiger partial charge in [0.15, 0.2) is 22.4 Å². The molecular formula is C62H109IO12Si2. The molecule has 444 valence electrons. The number of aliphatic hydroxyl groups is 3. The molecule has 2 saturated heterocycles. The summed E-state index contributed by atoms with van der Waals surface area (Å²) in [4.78, 5) is 29.1. The van der Waals surface area contributed by atoms with Crippen molar-refractivity contribution in [3.8, 4) is 5.75 Å². The molecule has 0 aliphatic carbocycles. The van der Waals surface area contributed by atoms with E-state index in [4.69, 9.17) is 32.5 Å². The molecule has 0 aromatic heterocycles. The first-order chi connectivity index (χ1) is 35.6. The second-order valence-electron chi connectivity index (χ2n) is 26.8. The molecular weight excluding hydrogens is 1120 g/mol. The van der Waals surface area contributed by atoms with Gasteiger partial charge in [0.1, 0.15) is 17.6 Å². The third-order valence-corrected chi connectivity index (χ3v) is 28.1. The number of ether oxygens (including phenoxy) is 5. The minimum atomic E-state index is -2.51. The number of benzene rings is 1. The average Bonchev–Trinajstić information content (AvgIpc) is 3.36. The van der Waals surface area contributed by atoms with Gasteiger partial charge in [0.2, 0.25) is 0 Å². The van der Waals surface area contributed by atoms with Gasteiger partial charge in [-0.05, 0) is 109 Å². The highest BCUT2D eigenvalue weighted by atomic mass is 127. The Morgan fingerprint density at radius 1 is 0.831 bits per heavy atom. The van der Waals surface area contributed by atoms with Crippen molar-refractivity contribution in [3.63, 3.8) is 0 Å². The SMILES string of the molecule is CC[C@@H](/C=C/I)CC[C@@H]1O[C@]2(CC[C@H](C)[C@H](C[C@@H](C)O[Si](C)(C)C(C)(C)C)O2)C[C@H](OC(=O)/C=C/[C@H](C)[C@@H](O[Si](C)(C)C(C)(C)C)[C@H](C)C(=O)[C@H](C)[C@@H](O)[C@H](C)[C@H](OCc2ccc(OC)cc2)[C@@H](C)[C@@H](O)[C@H](C)CO)[C@@H]1C. The zero-order valence-corrected chi connectivity index (χ0v) is 55.8. The van der Waals surface area contributed by atoms with E-state index in [1.807, 2.05) is 58.0 Å². The molecule has 77 heavy (non-hydrogen) atoms. The van der Waals surface area contributed by atoms with Crippen molar-refractivity contribution >= 4 is 51.0 Å². The zero-order chi connectivity index (χ0) is 58.6. The second-order valence-corrected chi connectivity index (χ2v) is 37.0. The molecule has 2 heterocycles. The molecule has 3 rings (SSSR count). The first-order valence-corrected chi connectivity index (χ1v) is 36.3. The van der Waals surface area contributed by atoms with Gasteiger partial charge in [0, 0.05) is 73.1 Å². The Kier molecular flexibility index (Phi) is 27.3. The average molecular weight is 1230 g/mol. The van der Waals surface area contributed by atoms with Gasteiger partial charge in [-0.3, -0.25) is 4.79 Å². The first kappa shape index (κ1) is 69.8. The summed E-state index contributed by atoms with van der Waals surface area (Å²) in [6, 6.07) is 7.51. The zero-order valence-electron chi connectivity index (χ0n) is 51.7. The van der Waals surface area contributed by atoms with Crippen molar-refractivity contribution in [1.82, 2.24) is 0 Å². The fourth-order valence-corrected chi connectivity index (χ4v) is 14.3. The number of Topliss-reactive ketones (excluding diaryl/α,β-unsaturated/α-hetero) is 1. The predicted octanol–water partition coefficient (Wildman–Crippen LogP) is 14.0. The van der Waals surface area contributed by atoms with E-state index in [1.54, 1.807) is 21.0 Å². The van der Waals surface area contributed by atoms with Crippen LogP contribution in [0.15, 0.2) is 46.6 Å². The number of methoxy groups -OCH3 is 1. The van der Waals surface area contributed by atoms with E-state index in [0.717, 1.165) is 37.7 Å². The lowest BCUT2D eigenvalue weighted by Crippen LogP contribution is -2.57. The fourth-order valence-electron chi connectivity index (χ4n) is 10.8. The van der Waals surface area contributed by atoms with Crippen molar-refractivity contribution < 1.29 is 57.4 Å². The normalized spacial score (nSPS) is 26.8. The van der Waals surface area contributed by atoms with Crippen molar-refractivity contribution in [2.24, 2.45) is 53.3 Å². The van der Waals surface area contributed by atoms with Crippen LogP contribution in [0.4, 0.5) is 0 Å². The lowest BCUT2D eigenvalue weighted by atomic mass is 9.76. The number of esters is 1. The van der Waals surface area contributed by atoms with Gasteiger partial charge in [0.05, 0.1) is 50.3 Å². The van der Waals surface area contributed by atoms with Crippen LogP contribution in [0.3, 0.4) is 0 Å². The van der Waals surface area contributed by atoms with Crippen molar-refractivity contribution in [3.05, 3.63) is 52.1 Å². The van der Waals surface area contributed by atoms with E-state index < -0.39 is 94.4 Å². The lowest BCUT2D eigenvalue weighted by Gasteiger charge is -2.52. The summed E-state index contributed by atoms with van der Waals surface area (Å²) < 4.78 is 48.8. The highest BCUT2D eigenvalue weighted by molar-refractivity contribution is 14.1. The summed E-state index contributed by atoms with van der Waals surface area (Å²) >= 11 is 2.29. The summed E-state index contributed by atoms with van der Waals surface area (Å²) in [5.41, 5.74) is 0.884. The molecule has 3 N–H and O–H groups in total. The number of carbonyl (C=O) groups is 2. The van der Waals surface area contributed by atoms with Gasteiger partial charge in [-0.15, -0.1) is 0 Å². The van der Waals surface area contributed by atoms with Gasteiger partial charge in [-0.1, -0.05) is 151 Å². The molecule has 15 heteroatoms. The quantitative estimate of drug-likeness (QED) is 0.0302. The summed E-state index contributed by atoms with van der Waals surface area (Å²) in [6.45, 7) is 42.0. The van der Waals surface area contributed by atoms with Crippen LogP contribution >= 0.6 is 22.6 Å². The standard InChI is InChI=1S/C62H109IO12Si2/c1-22-48(32-34-63)26-29-51-43(6)53(36-62(72-51)33-31-39(2)52(73-62)35-42(5)74-76(18,19)60(11,12)13)71-54(65)30-23-40(3)58(75-77(20,21)61(14,15)16)46(9)56(67)44(7)57(68)47(10)59(45(8)55(66)41(4)37-64)70-38-49-24-27-50(69-17)28-25-49/h23-25,27-28,30,32,34,39-48,51-53,55,57-59,64,66,68H,22,26,29,31,33,35-38H2,1-21H3/b30-23+,34-32+/t39-,40-,41+,42+,43+,44-,45-,46+,47-,48+,51-,52-,53-,55-,57+,58+,59+,62-/m0/s1. The van der Waals surface area contributed by atoms with Crippen molar-refractivity contribution in [2.45, 2.75) is 253 Å². The van der Waals surface area contributed by atoms with Crippen LogP contribution in [0.1, 0.15) is 161 Å². The highest BCUT2D eigenvalue weighted by Gasteiger charge is 2.52. The molecule has 1 aromatic carbocycles. The third-order valence-electron chi connectivity index (χ3n) is 18.6. The number of allylic oxidation sites excluding steroid dienone is 1. The number of hydrogen-bond donors (Lipinski definition) is 3. The number of aliphatic hydroxyl groups excluding tert-OH is 3. The Hall–Kier alpha value is -1.52. The minimum absolute atomic E-state index is 0.0149. The van der Waals surface area contributed by atoms with Crippen LogP contribution in [0, 0.1) is 53.3 Å². The van der Waals surface area contributed by atoms with Crippen LogP contribution < -0.4 is 4.74 Å². The molecule has 12 nitrogen and oxygen atoms in total. The molecule has 18 atom stereocenters. The third kappa shape index (κ3) is 19.5. The summed E-state index contributed by atoms with van der Waals surface area (Å²) in [5, 5.41) is 33.4. The largest absolute Gasteiger partial charge is 0.497 e. The van der Waals surface area contributed by atoms with E-state index in [0.29, 0.717) is 30.4 Å². The number of halogens is 1. The van der Waals surface area contributed by atoms with E-state index in [2.05, 4.69) is 128 Å². The van der Waals surface area contributed by atoms with Gasteiger partial charge in [-0.25, -0.2) is 4.79 Å². The Morgan fingerprint density at radius 3 is 1.95 bits per heavy atom. The number of rotatable bonds is 29. The van der Waals surface area contributed by atoms with Gasteiger partial charge < -0.3 is 47.9 Å². The molecule has 2 aliphatic rings. The molecule has 0 radical (unpaired) electrons. The lowest BCUT2D eigenvalue weighted by molar-refractivity contribution is -0.347. The molecule has 2 aliphatic heterocycles. The Balaban J connectivity index is 1.93. The van der Waals surface area contributed by atoms with Crippen LogP contribution in [-0.2, 0) is 44.0 Å². The van der Waals surface area contributed by atoms with E-state index in [9.17, 15) is 24.9 Å². The molecule has 0 unspecified atom stereocenters. The maximum Gasteiger partial charge on any atom is 0.330 e. The Labute approximate surface area is 483 Å². The van der Waals surface area contributed by atoms with Gasteiger partial charge >= 0.3 is 5.97 Å². The molecule has 2 fully saturated rings. The number of ketones is 1. The monoisotopic (exact) mass is 1230 g/mol. The molecule has 1 aromatic rings. The van der Waals surface area contributed by atoms with Gasteiger partial charge in [-0.2, -0.15) is 0 Å². The van der Waals surface area contributed by atoms with E-state index in [-0.39, 0.29) is 53.3 Å². The first-order valence-electron chi connectivity index (χ1n) is 29.2. The topological polar surface area (TPSA) is 159 Å². The number of carbonyl (C=O) groups excluding carboxylic acids is 2. The van der Waals surface area contributed by atoms with Crippen LogP contribution in [0.5, 0.6) is 5.75 Å². The molecule has 1 spiro atoms. The number of hydrogen-bond acceptors (Lipinski definition) is 12. The predicted molar refractivity (Wildman–Crippen MR) is 325 cm³/mol. The van der Waals surface area contributed by atoms with E-state index in [1.165, 1.54) is 6.08 Å². The maximum absolute atomic E-state index is 14.9. The molecule has 0 bridgehead atoms. The van der Waals surface area contributed by atoms with Crippen LogP contribution in [0.2, 0.25) is 36.3 Å². The van der Waals surface area contributed by atoms with Crippen molar-refractivity contribution in [2.75, 3.05) is 13.7 Å². The van der Waals surface area contributed by atoms with Crippen LogP contribution in [0.25, 0.3) is 0 Å². The Morgan fingerprint density at radius 2 is 1.40 bits per heavy atom. The molecule has 0 amide bonds. The van der Waals surface area contributed by atoms with Crippen LogP contribution in [-0.4, -0.2) is 112 Å². The minimum Gasteiger partial charge on any atom is -0.497 e. The summed E-state index contributed by atoms with van der Waals surface area (Å²) in [6.07, 6.45) is 7.12. The highest BCUT2D eigenvalue weighted by Crippen LogP contribution is 2.47. The van der Waals surface area contributed by atoms with Crippen molar-refractivity contribution in [1.29, 1.82) is 0 Å². The fraction of sp³-hybridized carbons (Fsp3) is 0.806. The second kappa shape index (κ2) is 30.2. The van der Waals surface area contributed by atoms with Gasteiger partial charge in [0.25, 0.3) is 0 Å². The van der Waals surface area contributed by atoms with E-state index >= 15 is 0 Å². The maximum atomic E-state index is 14.9. The smallest absolute Gasteiger partial charge is 0.330 e. The summed E-state index contributed by atoms with van der Waals surface area (Å²) in [7, 11) is -2.91. The summed E-state index contributed by atoms with van der Waals surface area (Å²) in [5.74, 6) is -3.60. The molecule has 0 saturated carbocycles.